The Morgan fingerprint density at radius 3 is 2.81 bits per heavy atom. The molecule has 2 aromatic heterocycles. The second kappa shape index (κ2) is 6.53. The van der Waals surface area contributed by atoms with E-state index in [9.17, 15) is 9.59 Å². The fraction of sp³-hybridized carbons (Fsp3) is 0.357. The van der Waals surface area contributed by atoms with Gasteiger partial charge in [0.15, 0.2) is 0 Å². The number of carbonyl (C=O) groups is 2. The molecule has 0 aliphatic carbocycles. The van der Waals surface area contributed by atoms with Gasteiger partial charge in [-0.15, -0.1) is 11.3 Å². The van der Waals surface area contributed by atoms with Crippen LogP contribution in [-0.4, -0.2) is 39.5 Å². The molecular weight excluding hydrogens is 292 g/mol. The first-order chi connectivity index (χ1) is 9.97. The van der Waals surface area contributed by atoms with Gasteiger partial charge in [0, 0.05) is 6.04 Å². The third-order valence-corrected chi connectivity index (χ3v) is 3.72. The van der Waals surface area contributed by atoms with Gasteiger partial charge in [0.2, 0.25) is 11.8 Å². The van der Waals surface area contributed by atoms with Crippen LogP contribution in [0.5, 0.6) is 0 Å². The number of hydrogen-bond donors (Lipinski definition) is 1. The van der Waals surface area contributed by atoms with Crippen molar-refractivity contribution in [3.05, 3.63) is 29.5 Å². The minimum atomic E-state index is -1.03. The summed E-state index contributed by atoms with van der Waals surface area (Å²) in [5.41, 5.74) is 0.499. The summed E-state index contributed by atoms with van der Waals surface area (Å²) in [5, 5.41) is 10.8. The number of carboxylic acids is 1. The van der Waals surface area contributed by atoms with Crippen LogP contribution in [0.2, 0.25) is 0 Å². The predicted octanol–water partition coefficient (Wildman–Crippen LogP) is 2.27. The van der Waals surface area contributed by atoms with Gasteiger partial charge < -0.3 is 14.4 Å². The summed E-state index contributed by atoms with van der Waals surface area (Å²) in [7, 11) is 0. The van der Waals surface area contributed by atoms with E-state index in [1.807, 2.05) is 17.5 Å². The van der Waals surface area contributed by atoms with E-state index in [-0.39, 0.29) is 24.9 Å². The second-order valence-corrected chi connectivity index (χ2v) is 5.75. The molecule has 0 bridgehead atoms. The first kappa shape index (κ1) is 15.2. The number of hydrogen-bond acceptors (Lipinski definition) is 5. The highest BCUT2D eigenvalue weighted by atomic mass is 32.1. The molecule has 0 aliphatic heterocycles. The number of oxazole rings is 1. The van der Waals surface area contributed by atoms with Crippen LogP contribution < -0.4 is 0 Å². The van der Waals surface area contributed by atoms with Crippen LogP contribution in [0.4, 0.5) is 0 Å². The molecule has 0 saturated heterocycles. The van der Waals surface area contributed by atoms with Crippen molar-refractivity contribution >= 4 is 23.2 Å². The highest BCUT2D eigenvalue weighted by Crippen LogP contribution is 2.23. The molecule has 0 atom stereocenters. The van der Waals surface area contributed by atoms with Gasteiger partial charge in [-0.3, -0.25) is 9.59 Å². The van der Waals surface area contributed by atoms with Crippen molar-refractivity contribution in [3.8, 4) is 10.8 Å². The number of carboxylic acid groups (broad SMARTS) is 1. The normalized spacial score (nSPS) is 10.8. The lowest BCUT2D eigenvalue weighted by Crippen LogP contribution is -2.41. The largest absolute Gasteiger partial charge is 0.480 e. The number of aliphatic carboxylic acids is 1. The molecule has 7 heteroatoms. The van der Waals surface area contributed by atoms with Gasteiger partial charge in [0.25, 0.3) is 0 Å². The number of nitrogens with zero attached hydrogens (tertiary/aromatic N) is 2. The number of amides is 1. The molecule has 0 unspecified atom stereocenters. The Morgan fingerprint density at radius 1 is 1.48 bits per heavy atom. The standard InChI is InChI=1S/C14H16N2O4S/c1-9(2)16(7-13(18)19)12(17)6-10-8-20-14(15-10)11-4-3-5-21-11/h3-5,8-9H,6-7H2,1-2H3,(H,18,19). The topological polar surface area (TPSA) is 83.6 Å². The Labute approximate surface area is 126 Å². The van der Waals surface area contributed by atoms with Crippen LogP contribution in [0.1, 0.15) is 19.5 Å². The Morgan fingerprint density at radius 2 is 2.24 bits per heavy atom. The Hall–Kier alpha value is -2.15. The zero-order valence-corrected chi connectivity index (χ0v) is 12.6. The highest BCUT2D eigenvalue weighted by Gasteiger charge is 2.21. The lowest BCUT2D eigenvalue weighted by atomic mass is 10.2. The summed E-state index contributed by atoms with van der Waals surface area (Å²) in [6.45, 7) is 3.24. The maximum atomic E-state index is 12.2. The first-order valence-corrected chi connectivity index (χ1v) is 7.35. The van der Waals surface area contributed by atoms with Crippen molar-refractivity contribution in [2.45, 2.75) is 26.3 Å². The van der Waals surface area contributed by atoms with Crippen LogP contribution in [0.15, 0.2) is 28.2 Å². The van der Waals surface area contributed by atoms with Crippen molar-refractivity contribution < 1.29 is 19.1 Å². The van der Waals surface area contributed by atoms with E-state index in [0.29, 0.717) is 11.6 Å². The van der Waals surface area contributed by atoms with Crippen LogP contribution >= 0.6 is 11.3 Å². The van der Waals surface area contributed by atoms with E-state index < -0.39 is 5.97 Å². The van der Waals surface area contributed by atoms with Crippen molar-refractivity contribution in [2.24, 2.45) is 0 Å². The van der Waals surface area contributed by atoms with Crippen molar-refractivity contribution in [1.82, 2.24) is 9.88 Å². The summed E-state index contributed by atoms with van der Waals surface area (Å²) in [4.78, 5) is 29.4. The monoisotopic (exact) mass is 308 g/mol. The van der Waals surface area contributed by atoms with E-state index >= 15 is 0 Å². The van der Waals surface area contributed by atoms with Gasteiger partial charge in [-0.25, -0.2) is 4.98 Å². The molecule has 2 rings (SSSR count). The van der Waals surface area contributed by atoms with E-state index in [4.69, 9.17) is 9.52 Å². The second-order valence-electron chi connectivity index (χ2n) is 4.81. The van der Waals surface area contributed by atoms with Crippen LogP contribution in [0.25, 0.3) is 10.8 Å². The van der Waals surface area contributed by atoms with Gasteiger partial charge in [-0.05, 0) is 25.3 Å². The smallest absolute Gasteiger partial charge is 0.323 e. The number of thiophene rings is 1. The van der Waals surface area contributed by atoms with Gasteiger partial charge in [-0.2, -0.15) is 0 Å². The summed E-state index contributed by atoms with van der Waals surface area (Å²) in [6, 6.07) is 3.59. The summed E-state index contributed by atoms with van der Waals surface area (Å²) in [6.07, 6.45) is 1.46. The van der Waals surface area contributed by atoms with Crippen LogP contribution in [-0.2, 0) is 16.0 Å². The third kappa shape index (κ3) is 3.91. The zero-order chi connectivity index (χ0) is 15.4. The number of carbonyl (C=O) groups excluding carboxylic acids is 1. The zero-order valence-electron chi connectivity index (χ0n) is 11.8. The average Bonchev–Trinajstić information content (AvgIpc) is 3.05. The molecule has 21 heavy (non-hydrogen) atoms. The predicted molar refractivity (Wildman–Crippen MR) is 78.0 cm³/mol. The van der Waals surface area contributed by atoms with E-state index in [2.05, 4.69) is 4.98 Å². The molecule has 0 radical (unpaired) electrons. The van der Waals surface area contributed by atoms with Gasteiger partial charge in [-0.1, -0.05) is 6.07 Å². The average molecular weight is 308 g/mol. The SMILES string of the molecule is CC(C)N(CC(=O)O)C(=O)Cc1coc(-c2cccs2)n1. The van der Waals surface area contributed by atoms with E-state index in [0.717, 1.165) is 4.88 Å². The lowest BCUT2D eigenvalue weighted by Gasteiger charge is -2.24. The molecule has 0 saturated carbocycles. The van der Waals surface area contributed by atoms with Crippen LogP contribution in [0.3, 0.4) is 0 Å². The molecule has 112 valence electrons. The molecule has 0 aliphatic rings. The quantitative estimate of drug-likeness (QED) is 0.885. The van der Waals surface area contributed by atoms with Crippen LogP contribution in [0, 0.1) is 0 Å². The van der Waals surface area contributed by atoms with E-state index in [1.165, 1.54) is 22.5 Å². The molecule has 2 aromatic rings. The third-order valence-electron chi connectivity index (χ3n) is 2.87. The van der Waals surface area contributed by atoms with E-state index in [1.54, 1.807) is 13.8 Å². The summed E-state index contributed by atoms with van der Waals surface area (Å²) >= 11 is 1.50. The lowest BCUT2D eigenvalue weighted by molar-refractivity contribution is -0.145. The van der Waals surface area contributed by atoms with Crippen molar-refractivity contribution in [2.75, 3.05) is 6.54 Å². The molecular formula is C14H16N2O4S. The Bertz CT molecular complexity index is 619. The first-order valence-electron chi connectivity index (χ1n) is 6.47. The minimum absolute atomic E-state index is 0.0281. The molecule has 2 heterocycles. The fourth-order valence-corrected chi connectivity index (χ4v) is 2.52. The molecule has 0 spiro atoms. The number of rotatable bonds is 6. The van der Waals surface area contributed by atoms with Gasteiger partial charge in [0.05, 0.1) is 17.0 Å². The Kier molecular flexibility index (Phi) is 4.74. The highest BCUT2D eigenvalue weighted by molar-refractivity contribution is 7.13. The molecule has 1 N–H and O–H groups in total. The molecule has 6 nitrogen and oxygen atoms in total. The number of aromatic nitrogens is 1. The summed E-state index contributed by atoms with van der Waals surface area (Å²) < 4.78 is 5.34. The van der Waals surface area contributed by atoms with Crippen molar-refractivity contribution in [1.29, 1.82) is 0 Å². The fourth-order valence-electron chi connectivity index (χ4n) is 1.86. The summed E-state index contributed by atoms with van der Waals surface area (Å²) in [5.74, 6) is -0.836. The maximum absolute atomic E-state index is 12.2. The van der Waals surface area contributed by atoms with Gasteiger partial charge in [0.1, 0.15) is 12.8 Å². The minimum Gasteiger partial charge on any atom is -0.480 e. The Balaban J connectivity index is 2.06. The van der Waals surface area contributed by atoms with Crippen molar-refractivity contribution in [3.63, 3.8) is 0 Å². The molecule has 0 aromatic carbocycles. The van der Waals surface area contributed by atoms with Gasteiger partial charge >= 0.3 is 5.97 Å². The maximum Gasteiger partial charge on any atom is 0.323 e. The molecule has 1 amide bonds. The molecule has 0 fully saturated rings.